The van der Waals surface area contributed by atoms with Crippen molar-refractivity contribution in [3.8, 4) is 11.1 Å². The van der Waals surface area contributed by atoms with Crippen LogP contribution in [-0.2, 0) is 24.7 Å². The molecule has 226 valence electrons. The monoisotopic (exact) mass is 688 g/mol. The fourth-order valence-electron chi connectivity index (χ4n) is 11.5. The molecule has 0 nitrogen and oxygen atoms in total. The molecule has 3 heteroatoms. The molecule has 1 unspecified atom stereocenters. The number of halogens is 2. The second-order valence-corrected chi connectivity index (χ2v) is 29.6. The van der Waals surface area contributed by atoms with Crippen molar-refractivity contribution in [2.24, 2.45) is 29.1 Å². The zero-order chi connectivity index (χ0) is 28.2. The molecule has 3 aromatic rings. The van der Waals surface area contributed by atoms with Crippen LogP contribution in [-0.4, -0.2) is 4.21 Å². The van der Waals surface area contributed by atoms with Crippen molar-refractivity contribution >= 4 is 35.6 Å². The van der Waals surface area contributed by atoms with Crippen molar-refractivity contribution in [3.05, 3.63) is 104 Å². The van der Waals surface area contributed by atoms with E-state index in [0.717, 1.165) is 24.2 Å². The van der Waals surface area contributed by atoms with Gasteiger partial charge in [-0.15, -0.1) is 24.8 Å². The molecule has 4 bridgehead atoms. The topological polar surface area (TPSA) is 0 Å². The molecule has 43 heavy (non-hydrogen) atoms. The predicted octanol–water partition coefficient (Wildman–Crippen LogP) is 9.99. The molecule has 0 N–H and O–H groups in total. The number of hydrogen-bond donors (Lipinski definition) is 0. The van der Waals surface area contributed by atoms with E-state index in [1.54, 1.807) is 23.3 Å². The Kier molecular flexibility index (Phi) is 7.89. The molecular weight excluding hydrogens is 643 g/mol. The number of rotatable bonds is 5. The Morgan fingerprint density at radius 3 is 2.05 bits per heavy atom. The summed E-state index contributed by atoms with van der Waals surface area (Å²) in [6.07, 6.45) is 14.1. The molecule has 3 aromatic carbocycles. The molecule has 9 rings (SSSR count). The van der Waals surface area contributed by atoms with E-state index in [0.29, 0.717) is 11.3 Å². The van der Waals surface area contributed by atoms with Crippen molar-refractivity contribution < 1.29 is 18.3 Å². The molecule has 0 amide bonds. The molecule has 0 heterocycles. The molecule has 4 saturated carbocycles. The summed E-state index contributed by atoms with van der Waals surface area (Å²) in [6.45, 7) is 7.22. The molecule has 6 aliphatic rings. The van der Waals surface area contributed by atoms with Crippen LogP contribution < -0.4 is 6.54 Å². The van der Waals surface area contributed by atoms with E-state index in [1.807, 2.05) is 0 Å². The van der Waals surface area contributed by atoms with Gasteiger partial charge in [-0.05, 0) is 0 Å². The third-order valence-corrected chi connectivity index (χ3v) is 27.7. The van der Waals surface area contributed by atoms with Crippen LogP contribution in [0.1, 0.15) is 75.5 Å². The number of fused-ring (bicyclic) bond motifs is 3. The Bertz CT molecular complexity index is 1690. The Balaban J connectivity index is 0.00000165. The van der Waals surface area contributed by atoms with Crippen molar-refractivity contribution in [2.45, 2.75) is 76.8 Å². The van der Waals surface area contributed by atoms with Gasteiger partial charge in [-0.3, -0.25) is 0 Å². The van der Waals surface area contributed by atoms with Gasteiger partial charge >= 0.3 is 250 Å². The molecule has 0 spiro atoms. The quantitative estimate of drug-likeness (QED) is 0.196. The van der Waals surface area contributed by atoms with Crippen LogP contribution in [0.15, 0.2) is 87.2 Å². The van der Waals surface area contributed by atoms with Gasteiger partial charge in [0.15, 0.2) is 0 Å². The van der Waals surface area contributed by atoms with Gasteiger partial charge in [0.25, 0.3) is 0 Å². The van der Waals surface area contributed by atoms with Gasteiger partial charge in [0.2, 0.25) is 0 Å². The zero-order valence-electron chi connectivity index (χ0n) is 26.4. The van der Waals surface area contributed by atoms with Crippen LogP contribution in [0.3, 0.4) is 0 Å². The first-order chi connectivity index (χ1) is 19.6. The van der Waals surface area contributed by atoms with Crippen molar-refractivity contribution in [1.29, 1.82) is 0 Å². The van der Waals surface area contributed by atoms with Crippen LogP contribution in [0, 0.1) is 36.0 Å². The SMILES string of the molecule is Cl.Cl.[CH2]=[Zr]([CH3])([C]1=C(C)C(CC23CC4CC(CC(C4)C2)C3)=CC1C)([c]1ccc(C)cc1)[c]1cccc2c1Cc1ccccc1-2. The summed E-state index contributed by atoms with van der Waals surface area (Å²) >= 11 is -4.27. The molecule has 0 saturated heterocycles. The fraction of sp³-hybridized carbons (Fsp3) is 0.425. The number of aryl methyl sites for hydroxylation is 1. The molecule has 0 radical (unpaired) electrons. The minimum atomic E-state index is -4.27. The van der Waals surface area contributed by atoms with Gasteiger partial charge in [0.05, 0.1) is 0 Å². The summed E-state index contributed by atoms with van der Waals surface area (Å²) in [4.78, 5) is 0. The summed E-state index contributed by atoms with van der Waals surface area (Å²) < 4.78 is 13.1. The van der Waals surface area contributed by atoms with Gasteiger partial charge in [0.1, 0.15) is 0 Å². The summed E-state index contributed by atoms with van der Waals surface area (Å²) in [7, 11) is 0. The predicted molar refractivity (Wildman–Crippen MR) is 188 cm³/mol. The van der Waals surface area contributed by atoms with Crippen molar-refractivity contribution in [3.63, 3.8) is 0 Å². The van der Waals surface area contributed by atoms with E-state index < -0.39 is 18.3 Å². The maximum atomic E-state index is 5.57. The minimum absolute atomic E-state index is 0. The number of benzene rings is 3. The first kappa shape index (κ1) is 31.5. The number of hydrogen-bond acceptors (Lipinski definition) is 0. The average Bonchev–Trinajstić information content (AvgIpc) is 3.44. The van der Waals surface area contributed by atoms with E-state index in [4.69, 9.17) is 4.21 Å². The van der Waals surface area contributed by atoms with Gasteiger partial charge in [0, 0.05) is 0 Å². The van der Waals surface area contributed by atoms with E-state index >= 15 is 0 Å². The maximum absolute atomic E-state index is 5.57. The standard InChI is InChI=1S/C18H25.C13H9.C7H7.CH3.CH2.2ClH.Zr/c1-12-3-13(2)17(4-12)11-18-8-14-5-15(9-18)7-16(6-14)10-18;1-3-7-12-10(5-1)9-11-6-2-4-8-13(11)12;1-7-5-3-2-4-6-7;;;;;/h4,12,14-16H,5-11H2,1-2H3;1-5,7-8H,9H2;3-6H,1H3;1H3;1H2;2*1H;. The van der Waals surface area contributed by atoms with Crippen LogP contribution in [0.5, 0.6) is 0 Å². The summed E-state index contributed by atoms with van der Waals surface area (Å²) in [5, 5.41) is 0. The Morgan fingerprint density at radius 1 is 0.791 bits per heavy atom. The van der Waals surface area contributed by atoms with E-state index in [2.05, 4.69) is 98.2 Å². The van der Waals surface area contributed by atoms with Gasteiger partial charge < -0.3 is 0 Å². The van der Waals surface area contributed by atoms with Gasteiger partial charge in [-0.2, -0.15) is 0 Å². The van der Waals surface area contributed by atoms with Crippen LogP contribution in [0.4, 0.5) is 0 Å². The molecule has 0 aromatic heterocycles. The average molecular weight is 691 g/mol. The molecule has 6 aliphatic carbocycles. The summed E-state index contributed by atoms with van der Waals surface area (Å²) in [6, 6.07) is 25.9. The Labute approximate surface area is 272 Å². The van der Waals surface area contributed by atoms with E-state index in [9.17, 15) is 0 Å². The summed E-state index contributed by atoms with van der Waals surface area (Å²) in [5.74, 6) is 3.48. The molecule has 1 atom stereocenters. The van der Waals surface area contributed by atoms with Crippen molar-refractivity contribution in [2.75, 3.05) is 0 Å². The second kappa shape index (κ2) is 10.8. The van der Waals surface area contributed by atoms with Crippen LogP contribution >= 0.6 is 24.8 Å². The Morgan fingerprint density at radius 2 is 1.40 bits per heavy atom. The van der Waals surface area contributed by atoms with E-state index in [1.165, 1.54) is 70.5 Å². The fourth-order valence-corrected chi connectivity index (χ4v) is 26.4. The molecule has 4 fully saturated rings. The van der Waals surface area contributed by atoms with Gasteiger partial charge in [-0.1, -0.05) is 0 Å². The van der Waals surface area contributed by atoms with Crippen molar-refractivity contribution in [1.82, 2.24) is 0 Å². The zero-order valence-corrected chi connectivity index (χ0v) is 30.5. The second-order valence-electron chi connectivity index (χ2n) is 15.7. The van der Waals surface area contributed by atoms with Gasteiger partial charge in [-0.25, -0.2) is 0 Å². The first-order valence-electron chi connectivity index (χ1n) is 16.4. The third kappa shape index (κ3) is 4.65. The summed E-state index contributed by atoms with van der Waals surface area (Å²) in [5.41, 5.74) is 11.1. The van der Waals surface area contributed by atoms with Crippen LogP contribution in [0.25, 0.3) is 11.1 Å². The first-order valence-corrected chi connectivity index (χ1v) is 24.3. The normalized spacial score (nSPS) is 28.6. The molecule has 0 aliphatic heterocycles. The van der Waals surface area contributed by atoms with E-state index in [-0.39, 0.29) is 24.8 Å². The number of allylic oxidation sites excluding steroid dienone is 4. The Hall–Kier alpha value is -1.53. The van der Waals surface area contributed by atoms with Crippen LogP contribution in [0.2, 0.25) is 4.63 Å². The molecular formula is C40H48Cl2Zr. The third-order valence-electron chi connectivity index (χ3n) is 12.7.